The number of hydrogen-bond acceptors (Lipinski definition) is 7. The summed E-state index contributed by atoms with van der Waals surface area (Å²) in [6, 6.07) is 2.67. The van der Waals surface area contributed by atoms with E-state index in [1.54, 1.807) is 18.7 Å². The summed E-state index contributed by atoms with van der Waals surface area (Å²) in [6.07, 6.45) is 5.67. The number of carbonyl (C=O) groups excluding carboxylic acids is 4. The Bertz CT molecular complexity index is 1430. The van der Waals surface area contributed by atoms with Crippen molar-refractivity contribution in [3.8, 4) is 5.75 Å². The zero-order valence-corrected chi connectivity index (χ0v) is 26.8. The lowest BCUT2D eigenvalue weighted by Crippen LogP contribution is -2.53. The standard InChI is InChI=1S/C33H42F3N5O6/c1-4-27(42)39-28(31(44)41-12-14-47-15-13-41)20(2)22-10-11-26(25(34)16-22)38-30(43)29(21-8-6-5-7-9-21)40-32(45)33(35,36)23-17-24(46-3)19-37-18-23/h10-11,16-21,28-29H,4-9,12-15H2,1-3H3,(H,38,43)(H,39,42)(H,40,45)/t20-,28+,29-/m0/s1. The molecule has 1 saturated heterocycles. The smallest absolute Gasteiger partial charge is 0.351 e. The van der Waals surface area contributed by atoms with Crippen molar-refractivity contribution in [3.63, 3.8) is 0 Å². The minimum Gasteiger partial charge on any atom is -0.495 e. The van der Waals surface area contributed by atoms with Gasteiger partial charge in [-0.2, -0.15) is 8.78 Å². The lowest BCUT2D eigenvalue weighted by Gasteiger charge is -2.33. The highest BCUT2D eigenvalue weighted by molar-refractivity contribution is 5.98. The second-order valence-corrected chi connectivity index (χ2v) is 11.9. The molecule has 2 aliphatic rings. The number of methoxy groups -OCH3 is 1. The summed E-state index contributed by atoms with van der Waals surface area (Å²) < 4.78 is 56.3. The second-order valence-electron chi connectivity index (χ2n) is 11.9. The Labute approximate surface area is 272 Å². The van der Waals surface area contributed by atoms with Gasteiger partial charge in [-0.3, -0.25) is 24.2 Å². The molecule has 2 fully saturated rings. The van der Waals surface area contributed by atoms with Crippen LogP contribution in [0.1, 0.15) is 69.4 Å². The third-order valence-corrected chi connectivity index (χ3v) is 8.79. The van der Waals surface area contributed by atoms with Gasteiger partial charge in [0.1, 0.15) is 23.7 Å². The van der Waals surface area contributed by atoms with Gasteiger partial charge in [0.2, 0.25) is 17.7 Å². The molecule has 1 aliphatic carbocycles. The first-order valence-electron chi connectivity index (χ1n) is 15.9. The van der Waals surface area contributed by atoms with Crippen LogP contribution in [-0.2, 0) is 29.8 Å². The van der Waals surface area contributed by atoms with E-state index in [9.17, 15) is 19.2 Å². The molecule has 4 amide bonds. The van der Waals surface area contributed by atoms with Gasteiger partial charge in [-0.25, -0.2) is 4.39 Å². The van der Waals surface area contributed by atoms with Crippen molar-refractivity contribution in [1.82, 2.24) is 20.5 Å². The number of aromatic nitrogens is 1. The molecule has 0 radical (unpaired) electrons. The normalized spacial score (nSPS) is 17.6. The Balaban J connectivity index is 1.53. The molecule has 4 rings (SSSR count). The lowest BCUT2D eigenvalue weighted by atomic mass is 9.83. The number of rotatable bonds is 12. The molecule has 2 heterocycles. The van der Waals surface area contributed by atoms with Gasteiger partial charge >= 0.3 is 5.92 Å². The van der Waals surface area contributed by atoms with Crippen molar-refractivity contribution in [1.29, 1.82) is 0 Å². The minimum absolute atomic E-state index is 0.0364. The minimum atomic E-state index is -4.03. The Kier molecular flexibility index (Phi) is 12.2. The first kappa shape index (κ1) is 35.7. The summed E-state index contributed by atoms with van der Waals surface area (Å²) in [5.41, 5.74) is -0.529. The third-order valence-electron chi connectivity index (χ3n) is 8.79. The number of nitrogens with one attached hydrogen (secondary N) is 3. The average Bonchev–Trinajstić information content (AvgIpc) is 3.10. The monoisotopic (exact) mass is 661 g/mol. The molecule has 0 bridgehead atoms. The van der Waals surface area contributed by atoms with Crippen molar-refractivity contribution in [3.05, 3.63) is 53.6 Å². The molecule has 3 N–H and O–H groups in total. The van der Waals surface area contributed by atoms with E-state index in [1.165, 1.54) is 25.4 Å². The second kappa shape index (κ2) is 16.1. The van der Waals surface area contributed by atoms with E-state index in [0.717, 1.165) is 37.6 Å². The molecule has 11 nitrogen and oxygen atoms in total. The molecule has 1 aromatic heterocycles. The van der Waals surface area contributed by atoms with E-state index in [2.05, 4.69) is 20.9 Å². The van der Waals surface area contributed by atoms with E-state index in [1.807, 2.05) is 0 Å². The Morgan fingerprint density at radius 3 is 2.40 bits per heavy atom. The molecule has 2 aromatic rings. The maximum Gasteiger partial charge on any atom is 0.351 e. The molecule has 1 saturated carbocycles. The molecule has 0 unspecified atom stereocenters. The van der Waals surface area contributed by atoms with E-state index < -0.39 is 53.0 Å². The van der Waals surface area contributed by atoms with Crippen LogP contribution in [-0.4, -0.2) is 79.0 Å². The van der Waals surface area contributed by atoms with Gasteiger partial charge in [-0.1, -0.05) is 39.2 Å². The number of benzene rings is 1. The van der Waals surface area contributed by atoms with Crippen molar-refractivity contribution >= 4 is 29.3 Å². The van der Waals surface area contributed by atoms with Crippen LogP contribution in [0.5, 0.6) is 5.75 Å². The molecular formula is C33H42F3N5O6. The van der Waals surface area contributed by atoms with Crippen LogP contribution in [0.2, 0.25) is 0 Å². The number of morpholine rings is 1. The maximum atomic E-state index is 15.5. The molecule has 1 aromatic carbocycles. The zero-order valence-electron chi connectivity index (χ0n) is 26.8. The fourth-order valence-electron chi connectivity index (χ4n) is 5.91. The van der Waals surface area contributed by atoms with Crippen LogP contribution in [0.15, 0.2) is 36.7 Å². The fraction of sp³-hybridized carbons (Fsp3) is 0.545. The largest absolute Gasteiger partial charge is 0.495 e. The van der Waals surface area contributed by atoms with Crippen molar-refractivity contribution < 1.29 is 41.8 Å². The Morgan fingerprint density at radius 2 is 1.77 bits per heavy atom. The molecule has 0 spiro atoms. The first-order chi connectivity index (χ1) is 22.5. The SMILES string of the molecule is CCC(=O)N[C@@H](C(=O)N1CCOCC1)[C@@H](C)c1ccc(NC(=O)[C@@H](NC(=O)C(F)(F)c2cncc(OC)c2)C2CCCCC2)c(F)c1. The van der Waals surface area contributed by atoms with Crippen LogP contribution in [0.3, 0.4) is 0 Å². The molecule has 47 heavy (non-hydrogen) atoms. The quantitative estimate of drug-likeness (QED) is 0.314. The van der Waals surface area contributed by atoms with Gasteiger partial charge in [-0.15, -0.1) is 0 Å². The topological polar surface area (TPSA) is 139 Å². The van der Waals surface area contributed by atoms with Crippen LogP contribution in [0.25, 0.3) is 0 Å². The zero-order chi connectivity index (χ0) is 34.1. The Morgan fingerprint density at radius 1 is 1.06 bits per heavy atom. The fourth-order valence-corrected chi connectivity index (χ4v) is 5.91. The van der Waals surface area contributed by atoms with Crippen molar-refractivity contribution in [2.45, 2.75) is 76.3 Å². The number of hydrogen-bond donors (Lipinski definition) is 3. The van der Waals surface area contributed by atoms with E-state index in [-0.39, 0.29) is 29.7 Å². The molecule has 14 heteroatoms. The number of carbonyl (C=O) groups is 4. The Hall–Kier alpha value is -4.20. The summed E-state index contributed by atoms with van der Waals surface area (Å²) in [6.45, 7) is 4.83. The predicted molar refractivity (Wildman–Crippen MR) is 166 cm³/mol. The van der Waals surface area contributed by atoms with E-state index >= 15 is 13.2 Å². The summed E-state index contributed by atoms with van der Waals surface area (Å²) in [7, 11) is 1.28. The third kappa shape index (κ3) is 8.79. The van der Waals surface area contributed by atoms with Gasteiger partial charge in [0.05, 0.1) is 37.8 Å². The van der Waals surface area contributed by atoms with Crippen molar-refractivity contribution in [2.24, 2.45) is 5.92 Å². The summed E-state index contributed by atoms with van der Waals surface area (Å²) in [5, 5.41) is 7.45. The number of amides is 4. The van der Waals surface area contributed by atoms with E-state index in [0.29, 0.717) is 44.7 Å². The molecule has 256 valence electrons. The molecule has 1 aliphatic heterocycles. The average molecular weight is 662 g/mol. The summed E-state index contributed by atoms with van der Waals surface area (Å²) >= 11 is 0. The highest BCUT2D eigenvalue weighted by atomic mass is 19.3. The highest BCUT2D eigenvalue weighted by Gasteiger charge is 2.44. The number of pyridine rings is 1. The van der Waals surface area contributed by atoms with Gasteiger partial charge in [0.15, 0.2) is 0 Å². The van der Waals surface area contributed by atoms with Crippen molar-refractivity contribution in [2.75, 3.05) is 38.7 Å². The number of alkyl halides is 2. The highest BCUT2D eigenvalue weighted by Crippen LogP contribution is 2.33. The van der Waals surface area contributed by atoms with E-state index in [4.69, 9.17) is 9.47 Å². The van der Waals surface area contributed by atoms with Gasteiger partial charge < -0.3 is 30.3 Å². The lowest BCUT2D eigenvalue weighted by molar-refractivity contribution is -0.149. The first-order valence-corrected chi connectivity index (χ1v) is 15.9. The molecule has 3 atom stereocenters. The van der Waals surface area contributed by atoms with Gasteiger partial charge in [0, 0.05) is 31.6 Å². The van der Waals surface area contributed by atoms with Crippen LogP contribution in [0.4, 0.5) is 18.9 Å². The molecular weight excluding hydrogens is 619 g/mol. The predicted octanol–water partition coefficient (Wildman–Crippen LogP) is 3.88. The number of nitrogens with zero attached hydrogens (tertiary/aromatic N) is 2. The van der Waals surface area contributed by atoms with Gasteiger partial charge in [-0.05, 0) is 42.5 Å². The number of anilines is 1. The van der Waals surface area contributed by atoms with Gasteiger partial charge in [0.25, 0.3) is 5.91 Å². The van der Waals surface area contributed by atoms with Crippen LogP contribution in [0, 0.1) is 11.7 Å². The maximum absolute atomic E-state index is 15.5. The van der Waals surface area contributed by atoms with Crippen LogP contribution < -0.4 is 20.7 Å². The summed E-state index contributed by atoms with van der Waals surface area (Å²) in [5.74, 6) is -9.07. The number of halogens is 3. The summed E-state index contributed by atoms with van der Waals surface area (Å²) in [4.78, 5) is 57.5. The van der Waals surface area contributed by atoms with Crippen LogP contribution >= 0.6 is 0 Å². The number of ether oxygens (including phenoxy) is 2.